The Bertz CT molecular complexity index is 926. The van der Waals surface area contributed by atoms with E-state index in [-0.39, 0.29) is 24.0 Å². The van der Waals surface area contributed by atoms with Gasteiger partial charge < -0.3 is 14.4 Å². The van der Waals surface area contributed by atoms with Crippen LogP contribution >= 0.6 is 27.7 Å². The van der Waals surface area contributed by atoms with Crippen LogP contribution in [0.25, 0.3) is 6.08 Å². The van der Waals surface area contributed by atoms with Crippen molar-refractivity contribution in [2.75, 3.05) is 33.4 Å². The maximum atomic E-state index is 12.8. The molecule has 0 atom stereocenters. The van der Waals surface area contributed by atoms with Crippen molar-refractivity contribution in [2.24, 2.45) is 5.92 Å². The lowest BCUT2D eigenvalue weighted by atomic mass is 9.99. The molecule has 3 amide bonds. The van der Waals surface area contributed by atoms with Crippen molar-refractivity contribution in [1.82, 2.24) is 9.80 Å². The van der Waals surface area contributed by atoms with E-state index in [1.807, 2.05) is 0 Å². The minimum absolute atomic E-state index is 0.186. The number of ether oxygens (including phenoxy) is 2. The van der Waals surface area contributed by atoms with Gasteiger partial charge in [0, 0.05) is 23.1 Å². The molecule has 2 heterocycles. The molecule has 0 saturated carbocycles. The van der Waals surface area contributed by atoms with Crippen LogP contribution in [0.1, 0.15) is 25.3 Å². The van der Waals surface area contributed by atoms with Gasteiger partial charge in [0.15, 0.2) is 6.61 Å². The highest BCUT2D eigenvalue weighted by atomic mass is 79.9. The number of carbonyl (C=O) groups is 4. The molecule has 1 aromatic carbocycles. The highest BCUT2D eigenvalue weighted by Gasteiger charge is 2.37. The van der Waals surface area contributed by atoms with Crippen LogP contribution in [0.4, 0.5) is 4.79 Å². The molecule has 0 aliphatic carbocycles. The Morgan fingerprint density at radius 3 is 2.65 bits per heavy atom. The summed E-state index contributed by atoms with van der Waals surface area (Å²) in [6.45, 7) is 2.88. The molecule has 0 radical (unpaired) electrons. The summed E-state index contributed by atoms with van der Waals surface area (Å²) >= 11 is 4.14. The van der Waals surface area contributed by atoms with E-state index in [1.54, 1.807) is 23.1 Å². The van der Waals surface area contributed by atoms with Crippen LogP contribution in [0.2, 0.25) is 0 Å². The number of amides is 3. The first-order valence-corrected chi connectivity index (χ1v) is 11.4. The quantitative estimate of drug-likeness (QED) is 0.428. The molecular formula is C21H23BrN2O6S. The van der Waals surface area contributed by atoms with Crippen LogP contribution < -0.4 is 4.74 Å². The fourth-order valence-corrected chi connectivity index (χ4v) is 4.44. The molecule has 31 heavy (non-hydrogen) atoms. The van der Waals surface area contributed by atoms with Gasteiger partial charge in [0.2, 0.25) is 5.91 Å². The predicted molar refractivity (Wildman–Crippen MR) is 119 cm³/mol. The smallest absolute Gasteiger partial charge is 0.343 e. The molecule has 10 heteroatoms. The van der Waals surface area contributed by atoms with E-state index in [0.717, 1.165) is 34.0 Å². The lowest BCUT2D eigenvalue weighted by Gasteiger charge is -2.31. The second kappa shape index (κ2) is 10.3. The van der Waals surface area contributed by atoms with Gasteiger partial charge in [-0.2, -0.15) is 0 Å². The van der Waals surface area contributed by atoms with Crippen LogP contribution in [-0.4, -0.2) is 66.2 Å². The van der Waals surface area contributed by atoms with E-state index in [1.165, 1.54) is 13.2 Å². The third kappa shape index (κ3) is 5.88. The highest BCUT2D eigenvalue weighted by Crippen LogP contribution is 2.35. The van der Waals surface area contributed by atoms with Gasteiger partial charge in [-0.3, -0.25) is 19.3 Å². The average molecular weight is 511 g/mol. The normalized spacial score (nSPS) is 18.6. The maximum absolute atomic E-state index is 12.8. The number of esters is 1. The van der Waals surface area contributed by atoms with Crippen molar-refractivity contribution < 1.29 is 28.7 Å². The van der Waals surface area contributed by atoms with E-state index in [9.17, 15) is 19.2 Å². The van der Waals surface area contributed by atoms with E-state index < -0.39 is 17.1 Å². The first-order chi connectivity index (χ1) is 14.8. The predicted octanol–water partition coefficient (Wildman–Crippen LogP) is 3.30. The van der Waals surface area contributed by atoms with Gasteiger partial charge in [0.05, 0.1) is 12.0 Å². The topological polar surface area (TPSA) is 93.2 Å². The summed E-state index contributed by atoms with van der Waals surface area (Å²) in [6, 6.07) is 5.08. The summed E-state index contributed by atoms with van der Waals surface area (Å²) in [4.78, 5) is 52.1. The zero-order valence-electron chi connectivity index (χ0n) is 17.3. The Kier molecular flexibility index (Phi) is 7.77. The van der Waals surface area contributed by atoms with Gasteiger partial charge in [-0.15, -0.1) is 0 Å². The molecule has 166 valence electrons. The van der Waals surface area contributed by atoms with Crippen LogP contribution in [-0.2, 0) is 19.1 Å². The summed E-state index contributed by atoms with van der Waals surface area (Å²) < 4.78 is 10.8. The van der Waals surface area contributed by atoms with Gasteiger partial charge in [-0.25, -0.2) is 4.79 Å². The molecule has 0 N–H and O–H groups in total. The SMILES string of the molecule is COC(=O)COc1ccc(Br)cc1/C=C1/SC(=O)N(CC(=O)N2CCC(C)CC2)C1=O. The van der Waals surface area contributed by atoms with Crippen molar-refractivity contribution in [3.8, 4) is 5.75 Å². The molecule has 2 saturated heterocycles. The van der Waals surface area contributed by atoms with Gasteiger partial charge in [-0.1, -0.05) is 22.9 Å². The Morgan fingerprint density at radius 2 is 1.97 bits per heavy atom. The van der Waals surface area contributed by atoms with E-state index >= 15 is 0 Å². The van der Waals surface area contributed by atoms with E-state index in [2.05, 4.69) is 27.6 Å². The maximum Gasteiger partial charge on any atom is 0.343 e. The van der Waals surface area contributed by atoms with Gasteiger partial charge in [0.25, 0.3) is 11.1 Å². The van der Waals surface area contributed by atoms with Crippen molar-refractivity contribution in [2.45, 2.75) is 19.8 Å². The zero-order valence-corrected chi connectivity index (χ0v) is 19.7. The summed E-state index contributed by atoms with van der Waals surface area (Å²) in [5.41, 5.74) is 0.514. The number of halogens is 1. The third-order valence-electron chi connectivity index (χ3n) is 5.13. The molecule has 1 aromatic rings. The number of carbonyl (C=O) groups excluding carboxylic acids is 4. The minimum Gasteiger partial charge on any atom is -0.481 e. The zero-order chi connectivity index (χ0) is 22.5. The molecule has 0 aromatic heterocycles. The first kappa shape index (κ1) is 23.3. The monoisotopic (exact) mass is 510 g/mol. The van der Waals surface area contributed by atoms with Crippen molar-refractivity contribution in [3.63, 3.8) is 0 Å². The molecule has 8 nitrogen and oxygen atoms in total. The lowest BCUT2D eigenvalue weighted by Crippen LogP contribution is -2.45. The Hall–Kier alpha value is -2.33. The minimum atomic E-state index is -0.542. The number of likely N-dealkylation sites (tertiary alicyclic amines) is 1. The Morgan fingerprint density at radius 1 is 1.26 bits per heavy atom. The largest absolute Gasteiger partial charge is 0.481 e. The number of benzene rings is 1. The van der Waals surface area contributed by atoms with Crippen molar-refractivity contribution in [3.05, 3.63) is 33.1 Å². The lowest BCUT2D eigenvalue weighted by molar-refractivity contribution is -0.143. The third-order valence-corrected chi connectivity index (χ3v) is 6.54. The molecular weight excluding hydrogens is 488 g/mol. The Balaban J connectivity index is 1.73. The summed E-state index contributed by atoms with van der Waals surface area (Å²) in [6.07, 6.45) is 3.37. The first-order valence-electron chi connectivity index (χ1n) is 9.80. The number of hydrogen-bond donors (Lipinski definition) is 0. The van der Waals surface area contributed by atoms with Crippen LogP contribution in [0, 0.1) is 5.92 Å². The number of methoxy groups -OCH3 is 1. The number of thioether (sulfide) groups is 1. The molecule has 2 aliphatic heterocycles. The average Bonchev–Trinajstić information content (AvgIpc) is 3.00. The van der Waals surface area contributed by atoms with E-state index in [4.69, 9.17) is 4.74 Å². The second-order valence-corrected chi connectivity index (χ2v) is 9.29. The molecule has 0 spiro atoms. The van der Waals surface area contributed by atoms with Gasteiger partial charge >= 0.3 is 5.97 Å². The molecule has 0 bridgehead atoms. The van der Waals surface area contributed by atoms with Crippen molar-refractivity contribution in [1.29, 1.82) is 0 Å². The Labute approximate surface area is 193 Å². The van der Waals surface area contributed by atoms with Crippen LogP contribution in [0.5, 0.6) is 5.75 Å². The molecule has 3 rings (SSSR count). The number of imide groups is 1. The fraction of sp³-hybridized carbons (Fsp3) is 0.429. The number of hydrogen-bond acceptors (Lipinski definition) is 7. The molecule has 2 fully saturated rings. The van der Waals surface area contributed by atoms with Gasteiger partial charge in [0.1, 0.15) is 12.3 Å². The second-order valence-electron chi connectivity index (χ2n) is 7.38. The number of nitrogens with zero attached hydrogens (tertiary/aromatic N) is 2. The fourth-order valence-electron chi connectivity index (χ4n) is 3.23. The van der Waals surface area contributed by atoms with Crippen molar-refractivity contribution >= 4 is 56.8 Å². The molecule has 0 unspecified atom stereocenters. The standard InChI is InChI=1S/C21H23BrN2O6S/c1-13-5-7-23(8-6-13)18(25)11-24-20(27)17(31-21(24)28)10-14-9-15(22)3-4-16(14)30-12-19(26)29-2/h3-4,9-10,13H,5-8,11-12H2,1-2H3/b17-10+. The summed E-state index contributed by atoms with van der Waals surface area (Å²) in [7, 11) is 1.26. The molecule has 2 aliphatic rings. The highest BCUT2D eigenvalue weighted by molar-refractivity contribution is 9.10. The van der Waals surface area contributed by atoms with Gasteiger partial charge in [-0.05, 0) is 54.8 Å². The summed E-state index contributed by atoms with van der Waals surface area (Å²) in [5, 5.41) is -0.484. The van der Waals surface area contributed by atoms with Crippen LogP contribution in [0.15, 0.2) is 27.6 Å². The summed E-state index contributed by atoms with van der Waals surface area (Å²) in [5.74, 6) is -0.351. The van der Waals surface area contributed by atoms with E-state index in [0.29, 0.717) is 30.3 Å². The number of piperidine rings is 1. The number of rotatable bonds is 6. The van der Waals surface area contributed by atoms with Crippen LogP contribution in [0.3, 0.4) is 0 Å².